The number of hydrogen-bond acceptors (Lipinski definition) is 5. The van der Waals surface area contributed by atoms with Crippen molar-refractivity contribution in [1.29, 1.82) is 0 Å². The molecule has 2 N–H and O–H groups in total. The molecule has 1 heterocycles. The first kappa shape index (κ1) is 11.2. The van der Waals surface area contributed by atoms with Crippen LogP contribution in [0.15, 0.2) is 28.8 Å². The molecule has 1 aliphatic rings. The van der Waals surface area contributed by atoms with Gasteiger partial charge in [0.2, 0.25) is 5.82 Å². The molecule has 1 fully saturated rings. The zero-order chi connectivity index (χ0) is 12.5. The fourth-order valence-electron chi connectivity index (χ4n) is 2.00. The third-order valence-electron chi connectivity index (χ3n) is 3.16. The largest absolute Gasteiger partial charge is 0.399 e. The van der Waals surface area contributed by atoms with Gasteiger partial charge >= 0.3 is 0 Å². The van der Waals surface area contributed by atoms with E-state index in [9.17, 15) is 0 Å². The van der Waals surface area contributed by atoms with Crippen LogP contribution in [0.3, 0.4) is 0 Å². The maximum absolute atomic E-state index is 5.64. The second-order valence-electron chi connectivity index (χ2n) is 4.57. The summed E-state index contributed by atoms with van der Waals surface area (Å²) in [5.74, 6) is 1.67. The molecule has 0 amide bonds. The molecule has 94 valence electrons. The second-order valence-corrected chi connectivity index (χ2v) is 4.57. The topological polar surface area (TPSA) is 74.2 Å². The van der Waals surface area contributed by atoms with E-state index >= 15 is 0 Å². The van der Waals surface area contributed by atoms with Gasteiger partial charge in [0.05, 0.1) is 0 Å². The summed E-state index contributed by atoms with van der Waals surface area (Å²) in [6.07, 6.45) is 2.30. The van der Waals surface area contributed by atoms with Crippen LogP contribution in [0.25, 0.3) is 11.5 Å². The maximum atomic E-state index is 5.64. The minimum Gasteiger partial charge on any atom is -0.399 e. The second kappa shape index (κ2) is 4.42. The van der Waals surface area contributed by atoms with Crippen molar-refractivity contribution in [2.75, 3.05) is 12.8 Å². The number of rotatable bonds is 4. The van der Waals surface area contributed by atoms with Gasteiger partial charge in [0.15, 0.2) is 0 Å². The predicted molar refractivity (Wildman–Crippen MR) is 66.6 cm³/mol. The van der Waals surface area contributed by atoms with Crippen LogP contribution in [-0.4, -0.2) is 17.3 Å². The van der Waals surface area contributed by atoms with Crippen LogP contribution in [0.5, 0.6) is 0 Å². The summed E-state index contributed by atoms with van der Waals surface area (Å²) >= 11 is 0. The molecule has 3 rings (SSSR count). The number of hydrogen-bond donors (Lipinski definition) is 1. The minimum absolute atomic E-state index is 0.0451. The first-order chi connectivity index (χ1) is 8.78. The monoisotopic (exact) mass is 245 g/mol. The molecule has 0 saturated heterocycles. The standard InChI is InChI=1S/C13H15N3O2/c1-17-11(8-2-3-8)12-15-13(18-16-12)9-4-6-10(14)7-5-9/h4-8,11H,2-3,14H2,1H3. The molecule has 0 bridgehead atoms. The van der Waals surface area contributed by atoms with Gasteiger partial charge in [-0.05, 0) is 43.0 Å². The van der Waals surface area contributed by atoms with Gasteiger partial charge in [-0.15, -0.1) is 0 Å². The number of aromatic nitrogens is 2. The molecular formula is C13H15N3O2. The van der Waals surface area contributed by atoms with Crippen LogP contribution < -0.4 is 5.73 Å². The highest BCUT2D eigenvalue weighted by Crippen LogP contribution is 2.42. The number of benzene rings is 1. The number of nitrogens with zero attached hydrogens (tertiary/aromatic N) is 2. The van der Waals surface area contributed by atoms with Crippen molar-refractivity contribution in [3.05, 3.63) is 30.1 Å². The van der Waals surface area contributed by atoms with E-state index in [0.29, 0.717) is 23.3 Å². The van der Waals surface area contributed by atoms with E-state index in [1.807, 2.05) is 24.3 Å². The average molecular weight is 245 g/mol. The van der Waals surface area contributed by atoms with Gasteiger partial charge in [0, 0.05) is 18.4 Å². The van der Waals surface area contributed by atoms with E-state index in [4.69, 9.17) is 15.0 Å². The summed E-state index contributed by atoms with van der Waals surface area (Å²) in [6, 6.07) is 7.36. The highest BCUT2D eigenvalue weighted by Gasteiger charge is 2.35. The molecule has 5 heteroatoms. The Balaban J connectivity index is 1.86. The smallest absolute Gasteiger partial charge is 0.258 e. The molecule has 1 aromatic carbocycles. The number of anilines is 1. The number of methoxy groups -OCH3 is 1. The summed E-state index contributed by atoms with van der Waals surface area (Å²) in [5, 5.41) is 4.01. The lowest BCUT2D eigenvalue weighted by atomic mass is 10.2. The summed E-state index contributed by atoms with van der Waals surface area (Å²) in [4.78, 5) is 4.40. The van der Waals surface area contributed by atoms with Crippen LogP contribution >= 0.6 is 0 Å². The van der Waals surface area contributed by atoms with Gasteiger partial charge in [-0.1, -0.05) is 5.16 Å². The van der Waals surface area contributed by atoms with Crippen LogP contribution in [0.2, 0.25) is 0 Å². The Kier molecular flexibility index (Phi) is 2.76. The van der Waals surface area contributed by atoms with Gasteiger partial charge in [0.25, 0.3) is 5.89 Å². The third kappa shape index (κ3) is 2.09. The highest BCUT2D eigenvalue weighted by atomic mass is 16.5. The highest BCUT2D eigenvalue weighted by molar-refractivity contribution is 5.56. The van der Waals surface area contributed by atoms with E-state index in [-0.39, 0.29) is 6.10 Å². The quantitative estimate of drug-likeness (QED) is 0.837. The van der Waals surface area contributed by atoms with E-state index in [2.05, 4.69) is 10.1 Å². The summed E-state index contributed by atoms with van der Waals surface area (Å²) < 4.78 is 10.7. The first-order valence-electron chi connectivity index (χ1n) is 6.00. The number of ether oxygens (including phenoxy) is 1. The Hall–Kier alpha value is -1.88. The van der Waals surface area contributed by atoms with Crippen molar-refractivity contribution < 1.29 is 9.26 Å². The fourth-order valence-corrected chi connectivity index (χ4v) is 2.00. The summed E-state index contributed by atoms with van der Waals surface area (Å²) in [6.45, 7) is 0. The lowest BCUT2D eigenvalue weighted by Crippen LogP contribution is -2.05. The zero-order valence-electron chi connectivity index (χ0n) is 10.2. The Labute approximate surface area is 105 Å². The normalized spacial score (nSPS) is 16.7. The predicted octanol–water partition coefficient (Wildman–Crippen LogP) is 2.42. The van der Waals surface area contributed by atoms with Crippen LogP contribution in [0.1, 0.15) is 24.8 Å². The molecule has 18 heavy (non-hydrogen) atoms. The Morgan fingerprint density at radius 2 is 2.06 bits per heavy atom. The van der Waals surface area contributed by atoms with Crippen LogP contribution in [-0.2, 0) is 4.74 Å². The molecule has 2 aromatic rings. The third-order valence-corrected chi connectivity index (χ3v) is 3.16. The Morgan fingerprint density at radius 3 is 2.67 bits per heavy atom. The average Bonchev–Trinajstić information content (AvgIpc) is 3.09. The molecule has 1 atom stereocenters. The van der Waals surface area contributed by atoms with Crippen molar-refractivity contribution in [2.24, 2.45) is 5.92 Å². The summed E-state index contributed by atoms with van der Waals surface area (Å²) in [7, 11) is 1.68. The summed E-state index contributed by atoms with van der Waals surface area (Å²) in [5.41, 5.74) is 7.22. The van der Waals surface area contributed by atoms with Crippen molar-refractivity contribution in [3.63, 3.8) is 0 Å². The molecule has 5 nitrogen and oxygen atoms in total. The van der Waals surface area contributed by atoms with E-state index < -0.39 is 0 Å². The SMILES string of the molecule is COC(c1noc(-c2ccc(N)cc2)n1)C1CC1. The molecule has 0 aliphatic heterocycles. The van der Waals surface area contributed by atoms with Crippen LogP contribution in [0, 0.1) is 5.92 Å². The molecule has 1 unspecified atom stereocenters. The molecule has 1 saturated carbocycles. The van der Waals surface area contributed by atoms with Crippen molar-refractivity contribution in [1.82, 2.24) is 10.1 Å². The lowest BCUT2D eigenvalue weighted by molar-refractivity contribution is 0.0751. The molecule has 1 aromatic heterocycles. The van der Waals surface area contributed by atoms with E-state index in [1.54, 1.807) is 7.11 Å². The fraction of sp³-hybridized carbons (Fsp3) is 0.385. The minimum atomic E-state index is -0.0451. The molecule has 1 aliphatic carbocycles. The van der Waals surface area contributed by atoms with Gasteiger partial charge in [-0.25, -0.2) is 0 Å². The molecular weight excluding hydrogens is 230 g/mol. The number of nitrogen functional groups attached to an aromatic ring is 1. The zero-order valence-corrected chi connectivity index (χ0v) is 10.2. The maximum Gasteiger partial charge on any atom is 0.258 e. The van der Waals surface area contributed by atoms with Crippen LogP contribution in [0.4, 0.5) is 5.69 Å². The van der Waals surface area contributed by atoms with Gasteiger partial charge in [0.1, 0.15) is 6.10 Å². The van der Waals surface area contributed by atoms with Crippen molar-refractivity contribution >= 4 is 5.69 Å². The van der Waals surface area contributed by atoms with Crippen molar-refractivity contribution in [3.8, 4) is 11.5 Å². The van der Waals surface area contributed by atoms with E-state index in [1.165, 1.54) is 12.8 Å². The number of nitrogens with two attached hydrogens (primary N) is 1. The van der Waals surface area contributed by atoms with Crippen molar-refractivity contribution in [2.45, 2.75) is 18.9 Å². The van der Waals surface area contributed by atoms with Gasteiger partial charge in [-0.3, -0.25) is 0 Å². The Morgan fingerprint density at radius 1 is 1.33 bits per heavy atom. The molecule has 0 spiro atoms. The van der Waals surface area contributed by atoms with E-state index in [0.717, 1.165) is 5.56 Å². The lowest BCUT2D eigenvalue weighted by Gasteiger charge is -2.08. The van der Waals surface area contributed by atoms with Gasteiger partial charge < -0.3 is 15.0 Å². The Bertz CT molecular complexity index is 531. The molecule has 0 radical (unpaired) electrons. The van der Waals surface area contributed by atoms with Gasteiger partial charge in [-0.2, -0.15) is 4.98 Å². The first-order valence-corrected chi connectivity index (χ1v) is 6.00.